The van der Waals surface area contributed by atoms with Crippen molar-refractivity contribution in [1.29, 1.82) is 0 Å². The Hall–Kier alpha value is -2.85. The minimum Gasteiger partial charge on any atom is -0.351 e. The predicted octanol–water partition coefficient (Wildman–Crippen LogP) is 6.15. The van der Waals surface area contributed by atoms with Gasteiger partial charge in [-0.3, -0.25) is 9.69 Å². The fourth-order valence-electron chi connectivity index (χ4n) is 3.34. The van der Waals surface area contributed by atoms with Crippen LogP contribution in [0, 0.1) is 13.8 Å². The van der Waals surface area contributed by atoms with Crippen molar-refractivity contribution in [1.82, 2.24) is 0 Å². The van der Waals surface area contributed by atoms with Crippen LogP contribution in [0.4, 0.5) is 11.4 Å². The summed E-state index contributed by atoms with van der Waals surface area (Å²) in [4.78, 5) is 15.1. The van der Waals surface area contributed by atoms with E-state index in [-0.39, 0.29) is 11.9 Å². The molecule has 1 aliphatic rings. The van der Waals surface area contributed by atoms with E-state index in [1.807, 2.05) is 85.5 Å². The zero-order valence-corrected chi connectivity index (χ0v) is 17.4. The molecule has 1 unspecified atom stereocenters. The molecule has 3 aromatic rings. The number of benzene rings is 3. The first-order chi connectivity index (χ1) is 13.5. The lowest BCUT2D eigenvalue weighted by molar-refractivity contribution is -0.114. The van der Waals surface area contributed by atoms with Crippen LogP contribution in [-0.2, 0) is 4.79 Å². The van der Waals surface area contributed by atoms with Crippen LogP contribution in [0.15, 0.2) is 89.0 Å². The van der Waals surface area contributed by atoms with Crippen LogP contribution in [0.3, 0.4) is 0 Å². The fourth-order valence-corrected chi connectivity index (χ4v) is 3.60. The highest BCUT2D eigenvalue weighted by Gasteiger charge is 2.34. The fraction of sp³-hybridized carbons (Fsp3) is 0.125. The van der Waals surface area contributed by atoms with Crippen LogP contribution in [0.25, 0.3) is 0 Å². The molecule has 0 radical (unpaired) electrons. The summed E-state index contributed by atoms with van der Waals surface area (Å²) in [5, 5.41) is 3.30. The van der Waals surface area contributed by atoms with Gasteiger partial charge >= 0.3 is 0 Å². The third-order valence-electron chi connectivity index (χ3n) is 4.91. The first-order valence-corrected chi connectivity index (χ1v) is 10.0. The maximum absolute atomic E-state index is 13.3. The molecule has 0 spiro atoms. The highest BCUT2D eigenvalue weighted by Crippen LogP contribution is 2.36. The van der Waals surface area contributed by atoms with E-state index in [2.05, 4.69) is 33.4 Å². The van der Waals surface area contributed by atoms with Crippen molar-refractivity contribution in [2.45, 2.75) is 19.9 Å². The number of nitrogens with one attached hydrogen (secondary N) is 1. The van der Waals surface area contributed by atoms with E-state index < -0.39 is 0 Å². The molecule has 0 aliphatic carbocycles. The van der Waals surface area contributed by atoms with Crippen LogP contribution in [0.2, 0.25) is 0 Å². The predicted molar refractivity (Wildman–Crippen MR) is 118 cm³/mol. The number of aryl methyl sites for hydroxylation is 2. The molecular weight excluding hydrogens is 412 g/mol. The van der Waals surface area contributed by atoms with E-state index in [0.29, 0.717) is 5.70 Å². The van der Waals surface area contributed by atoms with Crippen molar-refractivity contribution in [2.24, 2.45) is 0 Å². The number of halogens is 1. The number of carbonyl (C=O) groups excluding carboxylic acids is 1. The van der Waals surface area contributed by atoms with E-state index in [9.17, 15) is 4.79 Å². The van der Waals surface area contributed by atoms with Gasteiger partial charge in [-0.15, -0.1) is 0 Å². The van der Waals surface area contributed by atoms with Crippen LogP contribution >= 0.6 is 15.9 Å². The van der Waals surface area contributed by atoms with Crippen molar-refractivity contribution >= 4 is 33.2 Å². The van der Waals surface area contributed by atoms with Gasteiger partial charge in [0.05, 0.1) is 6.04 Å². The van der Waals surface area contributed by atoms with E-state index in [1.165, 1.54) is 11.1 Å². The molecule has 4 heteroatoms. The summed E-state index contributed by atoms with van der Waals surface area (Å²) >= 11 is 3.49. The number of rotatable bonds is 4. The largest absolute Gasteiger partial charge is 0.351 e. The Bertz CT molecular complexity index is 1020. The van der Waals surface area contributed by atoms with Gasteiger partial charge in [0, 0.05) is 15.8 Å². The molecule has 1 amide bonds. The van der Waals surface area contributed by atoms with Crippen LogP contribution < -0.4 is 10.2 Å². The van der Waals surface area contributed by atoms with Crippen molar-refractivity contribution in [3.8, 4) is 0 Å². The SMILES string of the molecule is Cc1ccc(NC2=CC(c3ccc(Br)cc3)N(c3ccc(C)cc3)C2=O)cc1. The molecule has 0 saturated heterocycles. The van der Waals surface area contributed by atoms with Crippen LogP contribution in [-0.4, -0.2) is 5.91 Å². The minimum atomic E-state index is -0.156. The quantitative estimate of drug-likeness (QED) is 0.535. The lowest BCUT2D eigenvalue weighted by Crippen LogP contribution is -2.30. The zero-order valence-electron chi connectivity index (χ0n) is 15.8. The van der Waals surface area contributed by atoms with Crippen LogP contribution in [0.5, 0.6) is 0 Å². The summed E-state index contributed by atoms with van der Waals surface area (Å²) in [5.74, 6) is -0.0302. The van der Waals surface area contributed by atoms with Gasteiger partial charge in [-0.05, 0) is 61.9 Å². The van der Waals surface area contributed by atoms with Gasteiger partial charge in [-0.1, -0.05) is 63.5 Å². The molecule has 140 valence electrons. The Labute approximate surface area is 173 Å². The lowest BCUT2D eigenvalue weighted by Gasteiger charge is -2.25. The average Bonchev–Trinajstić information content (AvgIpc) is 3.01. The van der Waals surface area contributed by atoms with E-state index >= 15 is 0 Å². The first-order valence-electron chi connectivity index (χ1n) is 9.22. The standard InChI is InChI=1S/C24H21BrN2O/c1-16-3-11-20(12-4-16)26-22-15-23(18-7-9-19(25)10-8-18)27(24(22)28)21-13-5-17(2)6-14-21/h3-15,23,26H,1-2H3. The molecule has 1 aliphatic heterocycles. The van der Waals surface area contributed by atoms with E-state index in [4.69, 9.17) is 0 Å². The minimum absolute atomic E-state index is 0.0302. The summed E-state index contributed by atoms with van der Waals surface area (Å²) < 4.78 is 1.02. The van der Waals surface area contributed by atoms with Crippen molar-refractivity contribution in [3.05, 3.63) is 106 Å². The Morgan fingerprint density at radius 1 is 0.821 bits per heavy atom. The van der Waals surface area contributed by atoms with Gasteiger partial charge in [-0.2, -0.15) is 0 Å². The summed E-state index contributed by atoms with van der Waals surface area (Å²) in [6.07, 6.45) is 2.01. The lowest BCUT2D eigenvalue weighted by atomic mass is 10.1. The number of nitrogens with zero attached hydrogens (tertiary/aromatic N) is 1. The number of amides is 1. The first kappa shape index (κ1) is 18.5. The second kappa shape index (κ2) is 7.64. The Morgan fingerprint density at radius 2 is 1.39 bits per heavy atom. The van der Waals surface area contributed by atoms with Gasteiger partial charge in [0.15, 0.2) is 0 Å². The topological polar surface area (TPSA) is 32.3 Å². The molecule has 0 saturated carbocycles. The Morgan fingerprint density at radius 3 is 2.00 bits per heavy atom. The third kappa shape index (κ3) is 3.73. The molecule has 0 fully saturated rings. The monoisotopic (exact) mass is 432 g/mol. The number of hydrogen-bond acceptors (Lipinski definition) is 2. The van der Waals surface area contributed by atoms with Gasteiger partial charge in [0.2, 0.25) is 0 Å². The molecule has 0 bridgehead atoms. The molecule has 1 heterocycles. The second-order valence-electron chi connectivity index (χ2n) is 7.08. The number of carbonyl (C=O) groups is 1. The maximum atomic E-state index is 13.3. The summed E-state index contributed by atoms with van der Waals surface area (Å²) in [5.41, 5.74) is 5.81. The molecule has 4 rings (SSSR count). The Balaban J connectivity index is 1.72. The third-order valence-corrected chi connectivity index (χ3v) is 5.43. The molecule has 1 atom stereocenters. The molecule has 28 heavy (non-hydrogen) atoms. The average molecular weight is 433 g/mol. The zero-order chi connectivity index (χ0) is 19.7. The summed E-state index contributed by atoms with van der Waals surface area (Å²) in [7, 11) is 0. The van der Waals surface area contributed by atoms with Crippen LogP contribution in [0.1, 0.15) is 22.7 Å². The normalized spacial score (nSPS) is 16.2. The van der Waals surface area contributed by atoms with Crippen molar-refractivity contribution in [3.63, 3.8) is 0 Å². The van der Waals surface area contributed by atoms with Gasteiger partial charge in [0.1, 0.15) is 5.70 Å². The maximum Gasteiger partial charge on any atom is 0.275 e. The van der Waals surface area contributed by atoms with E-state index in [0.717, 1.165) is 21.4 Å². The molecule has 3 aromatic carbocycles. The highest BCUT2D eigenvalue weighted by molar-refractivity contribution is 9.10. The summed E-state index contributed by atoms with van der Waals surface area (Å²) in [6, 6.07) is 24.1. The van der Waals surface area contributed by atoms with Gasteiger partial charge < -0.3 is 5.32 Å². The van der Waals surface area contributed by atoms with E-state index in [1.54, 1.807) is 0 Å². The second-order valence-corrected chi connectivity index (χ2v) is 7.99. The van der Waals surface area contributed by atoms with Gasteiger partial charge in [0.25, 0.3) is 5.91 Å². The van der Waals surface area contributed by atoms with Crippen molar-refractivity contribution in [2.75, 3.05) is 10.2 Å². The number of anilines is 2. The molecule has 0 aromatic heterocycles. The summed E-state index contributed by atoms with van der Waals surface area (Å²) in [6.45, 7) is 4.09. The smallest absolute Gasteiger partial charge is 0.275 e. The van der Waals surface area contributed by atoms with Crippen molar-refractivity contribution < 1.29 is 4.79 Å². The number of hydrogen-bond donors (Lipinski definition) is 1. The molecular formula is C24H21BrN2O. The molecule has 1 N–H and O–H groups in total. The van der Waals surface area contributed by atoms with Gasteiger partial charge in [-0.25, -0.2) is 0 Å². The molecule has 3 nitrogen and oxygen atoms in total. The Kier molecular flexibility index (Phi) is 5.05. The highest BCUT2D eigenvalue weighted by atomic mass is 79.9.